The van der Waals surface area contributed by atoms with Crippen molar-refractivity contribution in [2.24, 2.45) is 0 Å². The van der Waals surface area contributed by atoms with Crippen LogP contribution in [-0.2, 0) is 0 Å². The first-order chi connectivity index (χ1) is 8.75. The number of nitrogens with zero attached hydrogens (tertiary/aromatic N) is 2. The summed E-state index contributed by atoms with van der Waals surface area (Å²) in [7, 11) is 0. The summed E-state index contributed by atoms with van der Waals surface area (Å²) < 4.78 is 0. The van der Waals surface area contributed by atoms with Crippen LogP contribution in [0.4, 0.5) is 5.82 Å². The van der Waals surface area contributed by atoms with Crippen LogP contribution in [0.5, 0.6) is 0 Å². The van der Waals surface area contributed by atoms with E-state index in [1.165, 1.54) is 10.9 Å². The average Bonchev–Trinajstić information content (AvgIpc) is 2.39. The number of aryl methyl sites for hydroxylation is 1. The summed E-state index contributed by atoms with van der Waals surface area (Å²) in [5.41, 5.74) is 7.98. The molecule has 18 heavy (non-hydrogen) atoms. The Bertz CT molecular complexity index is 720. The van der Waals surface area contributed by atoms with Crippen molar-refractivity contribution in [1.29, 1.82) is 0 Å². The number of aromatic nitrogens is 2. The molecule has 0 fully saturated rings. The number of rotatable bonds is 1. The van der Waals surface area contributed by atoms with Gasteiger partial charge < -0.3 is 5.73 Å². The second-order valence-corrected chi connectivity index (χ2v) is 4.28. The summed E-state index contributed by atoms with van der Waals surface area (Å²) in [4.78, 5) is 8.59. The van der Waals surface area contributed by atoms with Gasteiger partial charge in [-0.1, -0.05) is 36.4 Å². The van der Waals surface area contributed by atoms with E-state index in [1.54, 1.807) is 12.3 Å². The van der Waals surface area contributed by atoms with Crippen molar-refractivity contribution >= 4 is 16.6 Å². The number of benzene rings is 2. The van der Waals surface area contributed by atoms with Gasteiger partial charge in [0, 0.05) is 11.8 Å². The molecule has 0 saturated carbocycles. The Morgan fingerprint density at radius 2 is 1.72 bits per heavy atom. The minimum atomic E-state index is 0.490. The van der Waals surface area contributed by atoms with Crippen molar-refractivity contribution in [3.63, 3.8) is 0 Å². The SMILES string of the molecule is Cc1ccc(-c2nccc(N)n2)c2ccccc12. The lowest BCUT2D eigenvalue weighted by molar-refractivity contribution is 1.19. The molecule has 0 amide bonds. The molecule has 0 aliphatic carbocycles. The predicted octanol–water partition coefficient (Wildman–Crippen LogP) is 3.19. The molecule has 0 atom stereocenters. The Kier molecular flexibility index (Phi) is 2.45. The summed E-state index contributed by atoms with van der Waals surface area (Å²) in [6.45, 7) is 2.10. The predicted molar refractivity (Wildman–Crippen MR) is 74.1 cm³/mol. The summed E-state index contributed by atoms with van der Waals surface area (Å²) in [6.07, 6.45) is 1.69. The van der Waals surface area contributed by atoms with Gasteiger partial charge in [0.1, 0.15) is 5.82 Å². The van der Waals surface area contributed by atoms with E-state index in [0.717, 1.165) is 10.9 Å². The van der Waals surface area contributed by atoms with Gasteiger partial charge in [-0.25, -0.2) is 9.97 Å². The van der Waals surface area contributed by atoms with E-state index < -0.39 is 0 Å². The fraction of sp³-hybridized carbons (Fsp3) is 0.0667. The number of nitrogen functional groups attached to an aromatic ring is 1. The molecule has 3 aromatic rings. The molecule has 2 aromatic carbocycles. The Balaban J connectivity index is 2.33. The largest absolute Gasteiger partial charge is 0.384 e. The quantitative estimate of drug-likeness (QED) is 0.704. The molecule has 0 aliphatic heterocycles. The van der Waals surface area contributed by atoms with Gasteiger partial charge in [-0.05, 0) is 29.3 Å². The van der Waals surface area contributed by atoms with Crippen LogP contribution in [0, 0.1) is 6.92 Å². The van der Waals surface area contributed by atoms with E-state index in [9.17, 15) is 0 Å². The third-order valence-electron chi connectivity index (χ3n) is 3.06. The average molecular weight is 235 g/mol. The van der Waals surface area contributed by atoms with Crippen LogP contribution in [0.1, 0.15) is 5.56 Å². The Labute approximate surface area is 105 Å². The maximum absolute atomic E-state index is 5.72. The zero-order valence-corrected chi connectivity index (χ0v) is 10.1. The van der Waals surface area contributed by atoms with Gasteiger partial charge in [-0.15, -0.1) is 0 Å². The van der Waals surface area contributed by atoms with Crippen LogP contribution in [-0.4, -0.2) is 9.97 Å². The van der Waals surface area contributed by atoms with E-state index in [1.807, 2.05) is 18.2 Å². The third kappa shape index (κ3) is 1.70. The van der Waals surface area contributed by atoms with Gasteiger partial charge in [0.25, 0.3) is 0 Å². The topological polar surface area (TPSA) is 51.8 Å². The van der Waals surface area contributed by atoms with Crippen LogP contribution >= 0.6 is 0 Å². The van der Waals surface area contributed by atoms with E-state index >= 15 is 0 Å². The van der Waals surface area contributed by atoms with Crippen LogP contribution in [0.25, 0.3) is 22.2 Å². The molecule has 3 nitrogen and oxygen atoms in total. The number of anilines is 1. The zero-order chi connectivity index (χ0) is 12.5. The lowest BCUT2D eigenvalue weighted by Gasteiger charge is -2.08. The Morgan fingerprint density at radius 3 is 2.50 bits per heavy atom. The lowest BCUT2D eigenvalue weighted by atomic mass is 10.00. The second-order valence-electron chi connectivity index (χ2n) is 4.28. The molecule has 0 radical (unpaired) electrons. The Hall–Kier alpha value is -2.42. The highest BCUT2D eigenvalue weighted by atomic mass is 14.9. The molecule has 0 spiro atoms. The zero-order valence-electron chi connectivity index (χ0n) is 10.1. The fourth-order valence-electron chi connectivity index (χ4n) is 2.15. The molecule has 3 rings (SSSR count). The van der Waals surface area contributed by atoms with Crippen molar-refractivity contribution in [3.8, 4) is 11.4 Å². The first-order valence-corrected chi connectivity index (χ1v) is 5.83. The van der Waals surface area contributed by atoms with Gasteiger partial charge in [0.05, 0.1) is 0 Å². The van der Waals surface area contributed by atoms with Crippen LogP contribution < -0.4 is 5.73 Å². The lowest BCUT2D eigenvalue weighted by Crippen LogP contribution is -1.95. The van der Waals surface area contributed by atoms with Crippen LogP contribution in [0.15, 0.2) is 48.7 Å². The van der Waals surface area contributed by atoms with E-state index in [4.69, 9.17) is 5.73 Å². The van der Waals surface area contributed by atoms with E-state index in [2.05, 4.69) is 35.1 Å². The second kappa shape index (κ2) is 4.11. The monoisotopic (exact) mass is 235 g/mol. The maximum Gasteiger partial charge on any atom is 0.162 e. The normalized spacial score (nSPS) is 10.7. The first kappa shape index (κ1) is 10.7. The maximum atomic E-state index is 5.72. The van der Waals surface area contributed by atoms with Crippen molar-refractivity contribution in [2.75, 3.05) is 5.73 Å². The van der Waals surface area contributed by atoms with Crippen molar-refractivity contribution < 1.29 is 0 Å². The highest BCUT2D eigenvalue weighted by Crippen LogP contribution is 2.28. The van der Waals surface area contributed by atoms with Gasteiger partial charge in [0.2, 0.25) is 0 Å². The van der Waals surface area contributed by atoms with Crippen molar-refractivity contribution in [1.82, 2.24) is 9.97 Å². The van der Waals surface area contributed by atoms with Crippen molar-refractivity contribution in [3.05, 3.63) is 54.2 Å². The molecule has 0 unspecified atom stereocenters. The van der Waals surface area contributed by atoms with Crippen LogP contribution in [0.3, 0.4) is 0 Å². The molecular weight excluding hydrogens is 222 g/mol. The number of hydrogen-bond acceptors (Lipinski definition) is 3. The minimum Gasteiger partial charge on any atom is -0.384 e. The first-order valence-electron chi connectivity index (χ1n) is 5.83. The highest BCUT2D eigenvalue weighted by molar-refractivity contribution is 5.97. The minimum absolute atomic E-state index is 0.490. The fourth-order valence-corrected chi connectivity index (χ4v) is 2.15. The molecule has 0 bridgehead atoms. The molecule has 1 aromatic heterocycles. The van der Waals surface area contributed by atoms with Gasteiger partial charge in [-0.3, -0.25) is 0 Å². The number of fused-ring (bicyclic) bond motifs is 1. The standard InChI is InChI=1S/C15H13N3/c1-10-6-7-13(12-5-3-2-4-11(10)12)15-17-9-8-14(16)18-15/h2-9H,1H3,(H2,16,17,18). The van der Waals surface area contributed by atoms with Gasteiger partial charge in [0.15, 0.2) is 5.82 Å². The summed E-state index contributed by atoms with van der Waals surface area (Å²) >= 11 is 0. The summed E-state index contributed by atoms with van der Waals surface area (Å²) in [5, 5.41) is 2.38. The Morgan fingerprint density at radius 1 is 0.944 bits per heavy atom. The third-order valence-corrected chi connectivity index (χ3v) is 3.06. The summed E-state index contributed by atoms with van der Waals surface area (Å²) in [5.74, 6) is 1.16. The van der Waals surface area contributed by atoms with Crippen LogP contribution in [0.2, 0.25) is 0 Å². The molecule has 0 aliphatic rings. The number of hydrogen-bond donors (Lipinski definition) is 1. The molecule has 2 N–H and O–H groups in total. The number of nitrogens with two attached hydrogens (primary N) is 1. The van der Waals surface area contributed by atoms with E-state index in [0.29, 0.717) is 11.6 Å². The molecule has 88 valence electrons. The molecular formula is C15H13N3. The smallest absolute Gasteiger partial charge is 0.162 e. The molecule has 3 heteroatoms. The highest BCUT2D eigenvalue weighted by Gasteiger charge is 2.07. The molecule has 1 heterocycles. The van der Waals surface area contributed by atoms with Gasteiger partial charge in [-0.2, -0.15) is 0 Å². The van der Waals surface area contributed by atoms with E-state index in [-0.39, 0.29) is 0 Å². The molecule has 0 saturated heterocycles. The van der Waals surface area contributed by atoms with Gasteiger partial charge >= 0.3 is 0 Å². The summed E-state index contributed by atoms with van der Waals surface area (Å²) in [6, 6.07) is 14.1. The van der Waals surface area contributed by atoms with Crippen molar-refractivity contribution in [2.45, 2.75) is 6.92 Å².